The monoisotopic (exact) mass is 243 g/mol. The fraction of sp³-hybridized carbons (Fsp3) is 0.444. The summed E-state index contributed by atoms with van der Waals surface area (Å²) in [6.45, 7) is 0.168. The number of esters is 1. The molecule has 0 bridgehead atoms. The Labute approximate surface area is 97.0 Å². The van der Waals surface area contributed by atoms with Gasteiger partial charge >= 0.3 is 5.97 Å². The zero-order valence-electron chi connectivity index (χ0n) is 9.07. The average molecular weight is 243 g/mol. The van der Waals surface area contributed by atoms with Gasteiger partial charge in [-0.2, -0.15) is 0 Å². The summed E-state index contributed by atoms with van der Waals surface area (Å²) in [5.74, 6) is -0.451. The molecule has 7 heteroatoms. The summed E-state index contributed by atoms with van der Waals surface area (Å²) in [5, 5.41) is 7.70. The van der Waals surface area contributed by atoms with E-state index in [4.69, 9.17) is 0 Å². The molecule has 88 valence electrons. The molecule has 0 saturated heterocycles. The van der Waals surface area contributed by atoms with E-state index in [1.54, 1.807) is 12.4 Å². The maximum Gasteiger partial charge on any atom is 0.311 e. The van der Waals surface area contributed by atoms with Crippen LogP contribution in [-0.4, -0.2) is 37.6 Å². The highest BCUT2D eigenvalue weighted by molar-refractivity contribution is 7.13. The van der Waals surface area contributed by atoms with Crippen LogP contribution in [0.2, 0.25) is 0 Å². The number of carbonyl (C=O) groups is 2. The third-order valence-electron chi connectivity index (χ3n) is 1.78. The number of hydrogen-bond acceptors (Lipinski definition) is 6. The molecule has 1 aromatic heterocycles. The van der Waals surface area contributed by atoms with E-state index in [0.717, 1.165) is 0 Å². The fourth-order valence-electron chi connectivity index (χ4n) is 0.934. The van der Waals surface area contributed by atoms with Crippen LogP contribution >= 0.6 is 11.3 Å². The molecule has 1 aromatic rings. The van der Waals surface area contributed by atoms with E-state index in [0.29, 0.717) is 10.8 Å². The number of carbonyl (C=O) groups excluding carboxylic acids is 2. The van der Waals surface area contributed by atoms with Crippen LogP contribution in [0, 0.1) is 0 Å². The van der Waals surface area contributed by atoms with Crippen molar-refractivity contribution in [3.8, 4) is 0 Å². The molecular weight excluding hydrogens is 230 g/mol. The Bertz CT molecular complexity index is 378. The SMILES string of the molecule is CNC(=O)CNc1nc(CC(=O)OC)cs1. The number of amides is 1. The van der Waals surface area contributed by atoms with E-state index in [1.165, 1.54) is 18.4 Å². The standard InChI is InChI=1S/C9H13N3O3S/c1-10-7(13)4-11-9-12-6(5-16-9)3-8(14)15-2/h5H,3-4H2,1-2H3,(H,10,13)(H,11,12). The topological polar surface area (TPSA) is 80.3 Å². The van der Waals surface area contributed by atoms with Gasteiger partial charge in [-0.3, -0.25) is 9.59 Å². The number of methoxy groups -OCH3 is 1. The quantitative estimate of drug-likeness (QED) is 0.712. The molecule has 0 aliphatic rings. The van der Waals surface area contributed by atoms with Crippen LogP contribution in [-0.2, 0) is 20.7 Å². The molecule has 0 unspecified atom stereocenters. The molecule has 6 nitrogen and oxygen atoms in total. The van der Waals surface area contributed by atoms with Gasteiger partial charge in [0.2, 0.25) is 5.91 Å². The van der Waals surface area contributed by atoms with Crippen molar-refractivity contribution in [1.82, 2.24) is 10.3 Å². The second-order valence-electron chi connectivity index (χ2n) is 2.92. The Kier molecular flexibility index (Phi) is 4.71. The summed E-state index contributed by atoms with van der Waals surface area (Å²) in [7, 11) is 2.90. The zero-order chi connectivity index (χ0) is 12.0. The fourth-order valence-corrected chi connectivity index (χ4v) is 1.64. The molecule has 0 radical (unpaired) electrons. The number of aromatic nitrogens is 1. The summed E-state index contributed by atoms with van der Waals surface area (Å²) in [5.41, 5.74) is 0.635. The van der Waals surface area contributed by atoms with Gasteiger partial charge in [-0.1, -0.05) is 0 Å². The minimum atomic E-state index is -0.330. The van der Waals surface area contributed by atoms with Crippen LogP contribution in [0.15, 0.2) is 5.38 Å². The predicted molar refractivity (Wildman–Crippen MR) is 60.4 cm³/mol. The Morgan fingerprint density at radius 1 is 1.56 bits per heavy atom. The van der Waals surface area contributed by atoms with Crippen LogP contribution in [0.4, 0.5) is 5.13 Å². The Balaban J connectivity index is 2.45. The van der Waals surface area contributed by atoms with E-state index in [-0.39, 0.29) is 24.8 Å². The molecule has 2 N–H and O–H groups in total. The normalized spacial score (nSPS) is 9.62. The predicted octanol–water partition coefficient (Wildman–Crippen LogP) is 0.0165. The lowest BCUT2D eigenvalue weighted by Crippen LogP contribution is -2.26. The molecule has 0 fully saturated rings. The highest BCUT2D eigenvalue weighted by Crippen LogP contribution is 2.15. The van der Waals surface area contributed by atoms with Crippen LogP contribution in [0.1, 0.15) is 5.69 Å². The highest BCUT2D eigenvalue weighted by Gasteiger charge is 2.07. The molecule has 0 aliphatic carbocycles. The van der Waals surface area contributed by atoms with E-state index < -0.39 is 0 Å². The third-order valence-corrected chi connectivity index (χ3v) is 2.63. The van der Waals surface area contributed by atoms with Gasteiger partial charge in [0.05, 0.1) is 25.8 Å². The molecule has 0 atom stereocenters. The largest absolute Gasteiger partial charge is 0.469 e. The smallest absolute Gasteiger partial charge is 0.311 e. The number of ether oxygens (including phenoxy) is 1. The average Bonchev–Trinajstić information content (AvgIpc) is 2.73. The van der Waals surface area contributed by atoms with Gasteiger partial charge in [0.25, 0.3) is 0 Å². The first-order chi connectivity index (χ1) is 7.65. The second-order valence-corrected chi connectivity index (χ2v) is 3.78. The number of anilines is 1. The lowest BCUT2D eigenvalue weighted by molar-refractivity contribution is -0.139. The van der Waals surface area contributed by atoms with Gasteiger partial charge in [0.15, 0.2) is 5.13 Å². The number of likely N-dealkylation sites (N-methyl/N-ethyl adjacent to an activating group) is 1. The molecule has 16 heavy (non-hydrogen) atoms. The molecule has 0 spiro atoms. The zero-order valence-corrected chi connectivity index (χ0v) is 9.89. The maximum absolute atomic E-state index is 11.0. The molecule has 1 heterocycles. The first-order valence-corrected chi connectivity index (χ1v) is 5.49. The Morgan fingerprint density at radius 2 is 2.31 bits per heavy atom. The number of hydrogen-bond donors (Lipinski definition) is 2. The van der Waals surface area contributed by atoms with Crippen LogP contribution in [0.3, 0.4) is 0 Å². The lowest BCUT2D eigenvalue weighted by Gasteiger charge is -2.00. The third kappa shape index (κ3) is 3.85. The summed E-state index contributed by atoms with van der Waals surface area (Å²) in [6, 6.07) is 0. The van der Waals surface area contributed by atoms with Crippen LogP contribution in [0.25, 0.3) is 0 Å². The van der Waals surface area contributed by atoms with Crippen molar-refractivity contribution >= 4 is 28.3 Å². The van der Waals surface area contributed by atoms with Gasteiger partial charge in [-0.05, 0) is 0 Å². The minimum Gasteiger partial charge on any atom is -0.469 e. The summed E-state index contributed by atoms with van der Waals surface area (Å²) in [4.78, 5) is 26.0. The van der Waals surface area contributed by atoms with Gasteiger partial charge in [-0.25, -0.2) is 4.98 Å². The maximum atomic E-state index is 11.0. The number of rotatable bonds is 5. The molecule has 0 saturated carbocycles. The van der Waals surface area contributed by atoms with Gasteiger partial charge in [0.1, 0.15) is 0 Å². The summed E-state index contributed by atoms with van der Waals surface area (Å²) < 4.78 is 4.52. The van der Waals surface area contributed by atoms with Crippen molar-refractivity contribution in [1.29, 1.82) is 0 Å². The van der Waals surface area contributed by atoms with Crippen LogP contribution < -0.4 is 10.6 Å². The van der Waals surface area contributed by atoms with E-state index >= 15 is 0 Å². The van der Waals surface area contributed by atoms with Crippen molar-refractivity contribution in [2.75, 3.05) is 26.0 Å². The van der Waals surface area contributed by atoms with Crippen LogP contribution in [0.5, 0.6) is 0 Å². The van der Waals surface area contributed by atoms with Crippen molar-refractivity contribution in [2.45, 2.75) is 6.42 Å². The number of thiazole rings is 1. The van der Waals surface area contributed by atoms with Gasteiger partial charge in [-0.15, -0.1) is 11.3 Å². The highest BCUT2D eigenvalue weighted by atomic mass is 32.1. The summed E-state index contributed by atoms with van der Waals surface area (Å²) >= 11 is 1.34. The van der Waals surface area contributed by atoms with E-state index in [2.05, 4.69) is 20.4 Å². The first-order valence-electron chi connectivity index (χ1n) is 4.61. The molecule has 0 aliphatic heterocycles. The van der Waals surface area contributed by atoms with E-state index in [1.807, 2.05) is 0 Å². The van der Waals surface area contributed by atoms with Crippen molar-refractivity contribution in [2.24, 2.45) is 0 Å². The minimum absolute atomic E-state index is 0.121. The lowest BCUT2D eigenvalue weighted by atomic mass is 10.3. The molecule has 1 amide bonds. The first kappa shape index (κ1) is 12.4. The van der Waals surface area contributed by atoms with E-state index in [9.17, 15) is 9.59 Å². The number of nitrogens with zero attached hydrogens (tertiary/aromatic N) is 1. The second kappa shape index (κ2) is 6.06. The number of nitrogens with one attached hydrogen (secondary N) is 2. The van der Waals surface area contributed by atoms with Crippen molar-refractivity contribution in [3.63, 3.8) is 0 Å². The Morgan fingerprint density at radius 3 is 2.94 bits per heavy atom. The molecule has 0 aromatic carbocycles. The molecular formula is C9H13N3O3S. The van der Waals surface area contributed by atoms with Crippen molar-refractivity contribution < 1.29 is 14.3 Å². The Hall–Kier alpha value is -1.63. The molecule has 1 rings (SSSR count). The summed E-state index contributed by atoms with van der Waals surface area (Å²) in [6.07, 6.45) is 0.147. The van der Waals surface area contributed by atoms with Gasteiger partial charge < -0.3 is 15.4 Å². The van der Waals surface area contributed by atoms with Crippen molar-refractivity contribution in [3.05, 3.63) is 11.1 Å². The van der Waals surface area contributed by atoms with Gasteiger partial charge in [0, 0.05) is 12.4 Å².